The third-order valence-electron chi connectivity index (χ3n) is 3.89. The summed E-state index contributed by atoms with van der Waals surface area (Å²) in [5.41, 5.74) is 1.96. The van der Waals surface area contributed by atoms with Gasteiger partial charge in [0.15, 0.2) is 0 Å². The Balaban J connectivity index is 1.62. The lowest BCUT2D eigenvalue weighted by molar-refractivity contribution is -0.136. The van der Waals surface area contributed by atoms with Crippen molar-refractivity contribution in [3.05, 3.63) is 28.3 Å². The number of piperazine rings is 1. The number of aliphatic hydroxyl groups excluding tert-OH is 1. The highest BCUT2D eigenvalue weighted by Gasteiger charge is 2.22. The quantitative estimate of drug-likeness (QED) is 0.920. The van der Waals surface area contributed by atoms with Crippen LogP contribution in [0.1, 0.15) is 11.5 Å². The third-order valence-corrected chi connectivity index (χ3v) is 4.58. The molecule has 22 heavy (non-hydrogen) atoms. The molecule has 3 rings (SSSR count). The molecule has 6 nitrogen and oxygen atoms in total. The van der Waals surface area contributed by atoms with Gasteiger partial charge in [-0.2, -0.15) is 11.3 Å². The molecule has 1 amide bonds. The summed E-state index contributed by atoms with van der Waals surface area (Å²) < 4.78 is 5.75. The molecule has 1 aliphatic rings. The Morgan fingerprint density at radius 1 is 1.41 bits per heavy atom. The van der Waals surface area contributed by atoms with E-state index in [1.807, 2.05) is 23.8 Å². The molecule has 7 heteroatoms. The highest BCUT2D eigenvalue weighted by Crippen LogP contribution is 2.24. The third kappa shape index (κ3) is 3.21. The van der Waals surface area contributed by atoms with Crippen molar-refractivity contribution in [3.8, 4) is 11.5 Å². The van der Waals surface area contributed by atoms with Gasteiger partial charge in [-0.3, -0.25) is 9.69 Å². The van der Waals surface area contributed by atoms with E-state index < -0.39 is 6.61 Å². The standard InChI is InChI=1S/C15H19N3O3S/c1-11-13(16-15(21-11)12-2-7-22-10-12)8-17-3-5-18(6-4-17)14(20)9-19/h2,7,10,19H,3-6,8-9H2,1H3. The molecule has 1 saturated heterocycles. The Morgan fingerprint density at radius 3 is 2.82 bits per heavy atom. The van der Waals surface area contributed by atoms with Gasteiger partial charge in [-0.05, 0) is 18.4 Å². The first-order valence-electron chi connectivity index (χ1n) is 7.27. The summed E-state index contributed by atoms with van der Waals surface area (Å²) in [6, 6.07) is 2.00. The summed E-state index contributed by atoms with van der Waals surface area (Å²) >= 11 is 1.62. The lowest BCUT2D eigenvalue weighted by Gasteiger charge is -2.34. The Kier molecular flexibility index (Phi) is 4.56. The molecular weight excluding hydrogens is 302 g/mol. The van der Waals surface area contributed by atoms with Crippen molar-refractivity contribution < 1.29 is 14.3 Å². The van der Waals surface area contributed by atoms with Crippen LogP contribution in [0.25, 0.3) is 11.5 Å². The van der Waals surface area contributed by atoms with Gasteiger partial charge in [-0.1, -0.05) is 0 Å². The number of amides is 1. The summed E-state index contributed by atoms with van der Waals surface area (Å²) in [6.07, 6.45) is 0. The number of aliphatic hydroxyl groups is 1. The number of hydrogen-bond donors (Lipinski definition) is 1. The highest BCUT2D eigenvalue weighted by atomic mass is 32.1. The zero-order valence-corrected chi connectivity index (χ0v) is 13.3. The zero-order chi connectivity index (χ0) is 15.5. The molecule has 2 aromatic rings. The summed E-state index contributed by atoms with van der Waals surface area (Å²) in [4.78, 5) is 20.0. The predicted octanol–water partition coefficient (Wildman–Crippen LogP) is 1.35. The van der Waals surface area contributed by atoms with E-state index in [0.717, 1.165) is 36.7 Å². The maximum Gasteiger partial charge on any atom is 0.248 e. The SMILES string of the molecule is Cc1oc(-c2ccsc2)nc1CN1CCN(C(=O)CO)CC1. The lowest BCUT2D eigenvalue weighted by Crippen LogP contribution is -2.49. The first kappa shape index (κ1) is 15.2. The van der Waals surface area contributed by atoms with Crippen LogP contribution in [0, 0.1) is 6.92 Å². The van der Waals surface area contributed by atoms with Crippen molar-refractivity contribution in [3.63, 3.8) is 0 Å². The van der Waals surface area contributed by atoms with Gasteiger partial charge in [0, 0.05) is 43.7 Å². The first-order valence-corrected chi connectivity index (χ1v) is 8.21. The van der Waals surface area contributed by atoms with Gasteiger partial charge in [-0.25, -0.2) is 4.98 Å². The van der Waals surface area contributed by atoms with Gasteiger partial charge < -0.3 is 14.4 Å². The number of nitrogens with zero attached hydrogens (tertiary/aromatic N) is 3. The van der Waals surface area contributed by atoms with E-state index >= 15 is 0 Å². The molecule has 0 bridgehead atoms. The molecule has 0 aliphatic carbocycles. The number of rotatable bonds is 4. The van der Waals surface area contributed by atoms with Crippen LogP contribution in [0.15, 0.2) is 21.2 Å². The average Bonchev–Trinajstić information content (AvgIpc) is 3.18. The second-order valence-electron chi connectivity index (χ2n) is 5.35. The predicted molar refractivity (Wildman–Crippen MR) is 83.5 cm³/mol. The van der Waals surface area contributed by atoms with Crippen LogP contribution in [0.5, 0.6) is 0 Å². The van der Waals surface area contributed by atoms with E-state index in [-0.39, 0.29) is 5.91 Å². The molecule has 1 aliphatic heterocycles. The van der Waals surface area contributed by atoms with Crippen LogP contribution >= 0.6 is 11.3 Å². The second-order valence-corrected chi connectivity index (χ2v) is 6.13. The number of carbonyl (C=O) groups excluding carboxylic acids is 1. The van der Waals surface area contributed by atoms with Crippen molar-refractivity contribution in [1.82, 2.24) is 14.8 Å². The number of aromatic nitrogens is 1. The minimum atomic E-state index is -0.410. The molecule has 118 valence electrons. The number of hydrogen-bond acceptors (Lipinski definition) is 6. The number of thiophene rings is 1. The molecular formula is C15H19N3O3S. The Morgan fingerprint density at radius 2 is 2.18 bits per heavy atom. The van der Waals surface area contributed by atoms with Gasteiger partial charge in [0.1, 0.15) is 12.4 Å². The normalized spacial score (nSPS) is 16.2. The number of carbonyl (C=O) groups is 1. The zero-order valence-electron chi connectivity index (χ0n) is 12.5. The highest BCUT2D eigenvalue weighted by molar-refractivity contribution is 7.08. The molecule has 0 spiro atoms. The van der Waals surface area contributed by atoms with E-state index in [0.29, 0.717) is 19.0 Å². The Labute approximate surface area is 133 Å². The molecule has 0 radical (unpaired) electrons. The van der Waals surface area contributed by atoms with Gasteiger partial charge in [-0.15, -0.1) is 0 Å². The van der Waals surface area contributed by atoms with E-state index in [2.05, 4.69) is 9.88 Å². The second kappa shape index (κ2) is 6.60. The molecule has 0 unspecified atom stereocenters. The van der Waals surface area contributed by atoms with E-state index in [1.165, 1.54) is 0 Å². The Hall–Kier alpha value is -1.70. The van der Waals surface area contributed by atoms with Crippen molar-refractivity contribution in [2.45, 2.75) is 13.5 Å². The summed E-state index contributed by atoms with van der Waals surface area (Å²) in [5.74, 6) is 1.31. The van der Waals surface area contributed by atoms with Crippen LogP contribution in [0.3, 0.4) is 0 Å². The average molecular weight is 321 g/mol. The van der Waals surface area contributed by atoms with Crippen LogP contribution in [-0.4, -0.2) is 58.6 Å². The van der Waals surface area contributed by atoms with Crippen LogP contribution in [-0.2, 0) is 11.3 Å². The molecule has 3 heterocycles. The van der Waals surface area contributed by atoms with Crippen molar-refractivity contribution in [2.24, 2.45) is 0 Å². The van der Waals surface area contributed by atoms with Crippen LogP contribution < -0.4 is 0 Å². The fourth-order valence-electron chi connectivity index (χ4n) is 2.55. The largest absolute Gasteiger partial charge is 0.441 e. The number of aryl methyl sites for hydroxylation is 1. The van der Waals surface area contributed by atoms with E-state index in [4.69, 9.17) is 9.52 Å². The first-order chi connectivity index (χ1) is 10.7. The maximum absolute atomic E-state index is 11.5. The van der Waals surface area contributed by atoms with Crippen molar-refractivity contribution >= 4 is 17.2 Å². The van der Waals surface area contributed by atoms with Gasteiger partial charge in [0.05, 0.1) is 5.69 Å². The fraction of sp³-hybridized carbons (Fsp3) is 0.467. The minimum absolute atomic E-state index is 0.197. The van der Waals surface area contributed by atoms with Crippen molar-refractivity contribution in [1.29, 1.82) is 0 Å². The molecule has 0 atom stereocenters. The topological polar surface area (TPSA) is 69.8 Å². The van der Waals surface area contributed by atoms with Crippen LogP contribution in [0.2, 0.25) is 0 Å². The molecule has 1 fully saturated rings. The maximum atomic E-state index is 11.5. The monoisotopic (exact) mass is 321 g/mol. The smallest absolute Gasteiger partial charge is 0.248 e. The van der Waals surface area contributed by atoms with Gasteiger partial charge in [0.25, 0.3) is 0 Å². The van der Waals surface area contributed by atoms with Crippen LogP contribution in [0.4, 0.5) is 0 Å². The summed E-state index contributed by atoms with van der Waals surface area (Å²) in [7, 11) is 0. The molecule has 1 N–H and O–H groups in total. The fourth-order valence-corrected chi connectivity index (χ4v) is 3.18. The molecule has 0 saturated carbocycles. The van der Waals surface area contributed by atoms with E-state index in [1.54, 1.807) is 16.2 Å². The minimum Gasteiger partial charge on any atom is -0.441 e. The van der Waals surface area contributed by atoms with Gasteiger partial charge in [0.2, 0.25) is 11.8 Å². The Bertz CT molecular complexity index is 631. The lowest BCUT2D eigenvalue weighted by atomic mass is 10.2. The van der Waals surface area contributed by atoms with E-state index in [9.17, 15) is 4.79 Å². The summed E-state index contributed by atoms with van der Waals surface area (Å²) in [5, 5.41) is 12.9. The van der Waals surface area contributed by atoms with Crippen molar-refractivity contribution in [2.75, 3.05) is 32.8 Å². The molecule has 0 aromatic carbocycles. The summed E-state index contributed by atoms with van der Waals surface area (Å²) in [6.45, 7) is 5.11. The number of oxazole rings is 1. The van der Waals surface area contributed by atoms with Gasteiger partial charge >= 0.3 is 0 Å². The molecule has 2 aromatic heterocycles.